The van der Waals surface area contributed by atoms with Crippen molar-refractivity contribution in [1.82, 2.24) is 4.90 Å². The number of hydrogen-bond acceptors (Lipinski definition) is 2. The SMILES string of the molecule is CN.CN1CCCC1. The topological polar surface area (TPSA) is 29.3 Å². The molecule has 1 aliphatic rings. The van der Waals surface area contributed by atoms with Crippen molar-refractivity contribution in [2.75, 3.05) is 27.2 Å². The van der Waals surface area contributed by atoms with Crippen LogP contribution in [0.2, 0.25) is 0 Å². The lowest BCUT2D eigenvalue weighted by Crippen LogP contribution is -2.10. The zero-order valence-corrected chi connectivity index (χ0v) is 5.85. The maximum absolute atomic E-state index is 4.50. The molecular weight excluding hydrogens is 100 g/mol. The van der Waals surface area contributed by atoms with Crippen LogP contribution in [0.15, 0.2) is 0 Å². The van der Waals surface area contributed by atoms with Gasteiger partial charge in [-0.3, -0.25) is 0 Å². The molecular formula is C6H16N2. The van der Waals surface area contributed by atoms with E-state index >= 15 is 0 Å². The molecule has 0 radical (unpaired) electrons. The highest BCUT2D eigenvalue weighted by atomic mass is 15.1. The van der Waals surface area contributed by atoms with E-state index in [1.54, 1.807) is 0 Å². The summed E-state index contributed by atoms with van der Waals surface area (Å²) in [5.74, 6) is 0. The van der Waals surface area contributed by atoms with Gasteiger partial charge in [0.15, 0.2) is 0 Å². The van der Waals surface area contributed by atoms with Crippen LogP contribution < -0.4 is 5.73 Å². The minimum absolute atomic E-state index is 1.32. The summed E-state index contributed by atoms with van der Waals surface area (Å²) in [4.78, 5) is 2.36. The van der Waals surface area contributed by atoms with Gasteiger partial charge in [0.25, 0.3) is 0 Å². The third-order valence-electron chi connectivity index (χ3n) is 1.33. The maximum Gasteiger partial charge on any atom is -0.00213 e. The van der Waals surface area contributed by atoms with Crippen LogP contribution in [0.4, 0.5) is 0 Å². The van der Waals surface area contributed by atoms with Gasteiger partial charge in [-0.05, 0) is 40.0 Å². The van der Waals surface area contributed by atoms with Crippen LogP contribution in [-0.2, 0) is 0 Å². The Labute approximate surface area is 51.7 Å². The van der Waals surface area contributed by atoms with E-state index in [-0.39, 0.29) is 0 Å². The van der Waals surface area contributed by atoms with Crippen molar-refractivity contribution < 1.29 is 0 Å². The summed E-state index contributed by atoms with van der Waals surface area (Å²) in [5, 5.41) is 0. The lowest BCUT2D eigenvalue weighted by atomic mass is 10.4. The molecule has 0 saturated carbocycles. The second-order valence-electron chi connectivity index (χ2n) is 2.01. The Morgan fingerprint density at radius 3 is 1.62 bits per heavy atom. The molecule has 2 nitrogen and oxygen atoms in total. The highest BCUT2D eigenvalue weighted by molar-refractivity contribution is 4.59. The highest BCUT2D eigenvalue weighted by Gasteiger charge is 2.03. The van der Waals surface area contributed by atoms with Crippen molar-refractivity contribution in [3.8, 4) is 0 Å². The maximum atomic E-state index is 4.50. The number of nitrogens with zero attached hydrogens (tertiary/aromatic N) is 1. The predicted octanol–water partition coefficient (Wildman–Crippen LogP) is 0.287. The summed E-state index contributed by atoms with van der Waals surface area (Å²) in [5.41, 5.74) is 4.50. The Morgan fingerprint density at radius 1 is 1.12 bits per heavy atom. The van der Waals surface area contributed by atoms with Gasteiger partial charge in [-0.2, -0.15) is 0 Å². The normalized spacial score (nSPS) is 19.9. The predicted molar refractivity (Wildman–Crippen MR) is 36.8 cm³/mol. The molecule has 0 aromatic carbocycles. The fourth-order valence-electron chi connectivity index (χ4n) is 0.875. The zero-order valence-electron chi connectivity index (χ0n) is 5.85. The van der Waals surface area contributed by atoms with E-state index in [9.17, 15) is 0 Å². The Kier molecular flexibility index (Phi) is 5.01. The first-order valence-corrected chi connectivity index (χ1v) is 3.16. The average molecular weight is 116 g/mol. The van der Waals surface area contributed by atoms with E-state index in [0.717, 1.165) is 0 Å². The van der Waals surface area contributed by atoms with Crippen LogP contribution in [0.3, 0.4) is 0 Å². The molecule has 50 valence electrons. The van der Waals surface area contributed by atoms with Gasteiger partial charge in [-0.25, -0.2) is 0 Å². The molecule has 1 fully saturated rings. The Morgan fingerprint density at radius 2 is 1.50 bits per heavy atom. The summed E-state index contributed by atoms with van der Waals surface area (Å²) in [7, 11) is 3.67. The minimum atomic E-state index is 1.32. The van der Waals surface area contributed by atoms with Gasteiger partial charge >= 0.3 is 0 Å². The fraction of sp³-hybridized carbons (Fsp3) is 1.00. The van der Waals surface area contributed by atoms with Crippen molar-refractivity contribution in [3.05, 3.63) is 0 Å². The van der Waals surface area contributed by atoms with E-state index in [1.807, 2.05) is 0 Å². The van der Waals surface area contributed by atoms with Crippen LogP contribution in [0, 0.1) is 0 Å². The lowest BCUT2D eigenvalue weighted by molar-refractivity contribution is 0.418. The van der Waals surface area contributed by atoms with Crippen LogP contribution >= 0.6 is 0 Å². The summed E-state index contributed by atoms with van der Waals surface area (Å²) < 4.78 is 0. The summed E-state index contributed by atoms with van der Waals surface area (Å²) in [6.45, 7) is 2.64. The molecule has 2 heteroatoms. The number of likely N-dealkylation sites (tertiary alicyclic amines) is 1. The Bertz CT molecular complexity index is 39.8. The minimum Gasteiger partial charge on any atom is -0.333 e. The number of nitrogens with two attached hydrogens (primary N) is 1. The van der Waals surface area contributed by atoms with Gasteiger partial charge in [0.1, 0.15) is 0 Å². The summed E-state index contributed by atoms with van der Waals surface area (Å²) >= 11 is 0. The molecule has 1 heterocycles. The molecule has 1 rings (SSSR count). The van der Waals surface area contributed by atoms with Gasteiger partial charge in [0.2, 0.25) is 0 Å². The van der Waals surface area contributed by atoms with E-state index in [0.29, 0.717) is 0 Å². The number of rotatable bonds is 0. The van der Waals surface area contributed by atoms with Crippen LogP contribution in [0.25, 0.3) is 0 Å². The fourth-order valence-corrected chi connectivity index (χ4v) is 0.875. The zero-order chi connectivity index (χ0) is 6.41. The van der Waals surface area contributed by atoms with Gasteiger partial charge < -0.3 is 10.6 Å². The van der Waals surface area contributed by atoms with Gasteiger partial charge in [0.05, 0.1) is 0 Å². The molecule has 0 aliphatic carbocycles. The number of hydrogen-bond donors (Lipinski definition) is 1. The molecule has 0 aromatic rings. The van der Waals surface area contributed by atoms with Crippen molar-refractivity contribution in [2.24, 2.45) is 5.73 Å². The van der Waals surface area contributed by atoms with Crippen molar-refractivity contribution in [2.45, 2.75) is 12.8 Å². The van der Waals surface area contributed by atoms with E-state index < -0.39 is 0 Å². The second-order valence-corrected chi connectivity index (χ2v) is 2.01. The standard InChI is InChI=1S/C5H11N.CH5N/c1-6-4-2-3-5-6;1-2/h2-5H2,1H3;2H2,1H3. The highest BCUT2D eigenvalue weighted by Crippen LogP contribution is 2.01. The van der Waals surface area contributed by atoms with Crippen molar-refractivity contribution in [1.29, 1.82) is 0 Å². The second kappa shape index (κ2) is 5.06. The van der Waals surface area contributed by atoms with E-state index in [4.69, 9.17) is 0 Å². The van der Waals surface area contributed by atoms with Crippen molar-refractivity contribution >= 4 is 0 Å². The third kappa shape index (κ3) is 2.99. The lowest BCUT2D eigenvalue weighted by Gasteiger charge is -2.01. The molecule has 1 saturated heterocycles. The molecule has 0 unspecified atom stereocenters. The molecule has 8 heavy (non-hydrogen) atoms. The van der Waals surface area contributed by atoms with Gasteiger partial charge in [0, 0.05) is 0 Å². The first-order valence-electron chi connectivity index (χ1n) is 3.16. The van der Waals surface area contributed by atoms with E-state index in [2.05, 4.69) is 17.7 Å². The summed E-state index contributed by atoms with van der Waals surface area (Å²) in [6.07, 6.45) is 2.83. The Balaban J connectivity index is 0.000000222. The first-order chi connectivity index (χ1) is 3.89. The molecule has 0 bridgehead atoms. The largest absolute Gasteiger partial charge is 0.333 e. The van der Waals surface area contributed by atoms with Crippen molar-refractivity contribution in [3.63, 3.8) is 0 Å². The molecule has 1 aliphatic heterocycles. The quantitative estimate of drug-likeness (QED) is 0.493. The molecule has 0 spiro atoms. The van der Waals surface area contributed by atoms with Crippen LogP contribution in [-0.4, -0.2) is 32.1 Å². The van der Waals surface area contributed by atoms with Crippen LogP contribution in [0.5, 0.6) is 0 Å². The Hall–Kier alpha value is -0.0800. The monoisotopic (exact) mass is 116 g/mol. The van der Waals surface area contributed by atoms with E-state index in [1.165, 1.54) is 33.0 Å². The smallest absolute Gasteiger partial charge is 0.00213 e. The third-order valence-corrected chi connectivity index (χ3v) is 1.33. The summed E-state index contributed by atoms with van der Waals surface area (Å²) in [6, 6.07) is 0. The molecule has 0 aromatic heterocycles. The first kappa shape index (κ1) is 7.92. The average Bonchev–Trinajstić information content (AvgIpc) is 2.24. The van der Waals surface area contributed by atoms with Crippen LogP contribution in [0.1, 0.15) is 12.8 Å². The molecule has 2 N–H and O–H groups in total. The molecule has 0 amide bonds. The van der Waals surface area contributed by atoms with Gasteiger partial charge in [-0.1, -0.05) is 0 Å². The molecule has 0 atom stereocenters. The van der Waals surface area contributed by atoms with Gasteiger partial charge in [-0.15, -0.1) is 0 Å².